The molecule has 1 aliphatic carbocycles. The Hall–Kier alpha value is -0.680. The molecule has 1 aromatic heterocycles. The van der Waals surface area contributed by atoms with Gasteiger partial charge in [0.15, 0.2) is 0 Å². The Morgan fingerprint density at radius 1 is 1.62 bits per heavy atom. The maximum absolute atomic E-state index is 8.85. The van der Waals surface area contributed by atoms with Crippen molar-refractivity contribution in [3.63, 3.8) is 0 Å². The average molecular weight is 199 g/mol. The van der Waals surface area contributed by atoms with Crippen LogP contribution in [0.15, 0.2) is 5.51 Å². The van der Waals surface area contributed by atoms with Crippen molar-refractivity contribution in [3.8, 4) is 0 Å². The van der Waals surface area contributed by atoms with E-state index in [1.54, 1.807) is 5.51 Å². The molecule has 0 aromatic carbocycles. The molecule has 0 amide bonds. The molecule has 1 aliphatic rings. The van der Waals surface area contributed by atoms with Crippen molar-refractivity contribution in [2.75, 3.05) is 18.5 Å². The minimum absolute atomic E-state index is 0.289. The Labute approximate surface area is 81.0 Å². The number of hydrogen-bond donors (Lipinski definition) is 2. The maximum atomic E-state index is 8.85. The number of aromatic nitrogens is 2. The normalized spacial score (nSPS) is 18.5. The van der Waals surface area contributed by atoms with Gasteiger partial charge in [0.1, 0.15) is 5.51 Å². The lowest BCUT2D eigenvalue weighted by Crippen LogP contribution is -2.16. The van der Waals surface area contributed by atoms with Gasteiger partial charge in [0.25, 0.3) is 0 Å². The number of aliphatic hydroxyl groups is 1. The minimum atomic E-state index is 0.289. The third-order valence-electron chi connectivity index (χ3n) is 2.57. The van der Waals surface area contributed by atoms with Gasteiger partial charge in [0.2, 0.25) is 5.13 Å². The lowest BCUT2D eigenvalue weighted by Gasteiger charge is -2.12. The highest BCUT2D eigenvalue weighted by atomic mass is 32.1. The van der Waals surface area contributed by atoms with Gasteiger partial charge in [0, 0.05) is 13.2 Å². The molecule has 0 atom stereocenters. The highest BCUT2D eigenvalue weighted by Gasteiger charge is 2.41. The zero-order chi connectivity index (χ0) is 9.15. The zero-order valence-corrected chi connectivity index (χ0v) is 8.18. The summed E-state index contributed by atoms with van der Waals surface area (Å²) in [7, 11) is 0. The summed E-state index contributed by atoms with van der Waals surface area (Å²) >= 11 is 1.51. The molecule has 0 unspecified atom stereocenters. The van der Waals surface area contributed by atoms with Gasteiger partial charge in [-0.2, -0.15) is 0 Å². The molecule has 1 aromatic rings. The predicted molar refractivity (Wildman–Crippen MR) is 51.8 cm³/mol. The first kappa shape index (κ1) is 8.90. The number of nitrogens with one attached hydrogen (secondary N) is 1. The molecule has 0 aliphatic heterocycles. The van der Waals surface area contributed by atoms with Crippen LogP contribution in [-0.2, 0) is 0 Å². The molecule has 1 heterocycles. The van der Waals surface area contributed by atoms with Crippen molar-refractivity contribution in [1.29, 1.82) is 0 Å². The van der Waals surface area contributed by atoms with Gasteiger partial charge >= 0.3 is 0 Å². The van der Waals surface area contributed by atoms with Gasteiger partial charge < -0.3 is 10.4 Å². The number of hydrogen-bond acceptors (Lipinski definition) is 5. The minimum Gasteiger partial charge on any atom is -0.396 e. The molecule has 0 radical (unpaired) electrons. The first-order chi connectivity index (χ1) is 6.35. The van der Waals surface area contributed by atoms with Gasteiger partial charge in [-0.15, -0.1) is 10.2 Å². The van der Waals surface area contributed by atoms with E-state index in [4.69, 9.17) is 5.11 Å². The van der Waals surface area contributed by atoms with Crippen molar-refractivity contribution in [2.24, 2.45) is 5.41 Å². The third kappa shape index (κ3) is 2.16. The van der Waals surface area contributed by atoms with Crippen LogP contribution in [0.2, 0.25) is 0 Å². The molecule has 5 heteroatoms. The third-order valence-corrected chi connectivity index (χ3v) is 3.22. The van der Waals surface area contributed by atoms with Crippen LogP contribution in [0.4, 0.5) is 5.13 Å². The van der Waals surface area contributed by atoms with E-state index in [1.165, 1.54) is 24.2 Å². The highest BCUT2D eigenvalue weighted by Crippen LogP contribution is 2.48. The summed E-state index contributed by atoms with van der Waals surface area (Å²) in [5, 5.41) is 20.6. The largest absolute Gasteiger partial charge is 0.396 e. The number of nitrogens with zero attached hydrogens (tertiary/aromatic N) is 2. The second kappa shape index (κ2) is 3.59. The monoisotopic (exact) mass is 199 g/mol. The molecule has 0 bridgehead atoms. The lowest BCUT2D eigenvalue weighted by molar-refractivity contribution is 0.253. The van der Waals surface area contributed by atoms with Crippen molar-refractivity contribution in [1.82, 2.24) is 10.2 Å². The summed E-state index contributed by atoms with van der Waals surface area (Å²) in [6.07, 6.45) is 3.34. The van der Waals surface area contributed by atoms with Crippen LogP contribution in [0, 0.1) is 5.41 Å². The van der Waals surface area contributed by atoms with Crippen LogP contribution < -0.4 is 5.32 Å². The van der Waals surface area contributed by atoms with Crippen LogP contribution in [0.1, 0.15) is 19.3 Å². The predicted octanol–water partition coefficient (Wildman–Crippen LogP) is 1.11. The molecule has 1 fully saturated rings. The molecule has 4 nitrogen and oxygen atoms in total. The average Bonchev–Trinajstić information content (AvgIpc) is 2.71. The topological polar surface area (TPSA) is 58.0 Å². The van der Waals surface area contributed by atoms with E-state index in [-0.39, 0.29) is 6.61 Å². The zero-order valence-electron chi connectivity index (χ0n) is 7.36. The maximum Gasteiger partial charge on any atom is 0.205 e. The summed E-state index contributed by atoms with van der Waals surface area (Å²) in [5.41, 5.74) is 2.06. The first-order valence-corrected chi connectivity index (χ1v) is 5.34. The summed E-state index contributed by atoms with van der Waals surface area (Å²) < 4.78 is 0. The number of aliphatic hydroxyl groups excluding tert-OH is 1. The molecular formula is C8H13N3OS. The van der Waals surface area contributed by atoms with E-state index < -0.39 is 0 Å². The SMILES string of the molecule is OCCC1(CNc2nncs2)CC1. The van der Waals surface area contributed by atoms with Gasteiger partial charge in [-0.1, -0.05) is 11.3 Å². The van der Waals surface area contributed by atoms with Gasteiger partial charge in [0.05, 0.1) is 0 Å². The van der Waals surface area contributed by atoms with Crippen LogP contribution in [0.25, 0.3) is 0 Å². The molecule has 2 N–H and O–H groups in total. The summed E-state index contributed by atoms with van der Waals surface area (Å²) in [6.45, 7) is 1.21. The quantitative estimate of drug-likeness (QED) is 0.746. The van der Waals surface area contributed by atoms with Gasteiger partial charge in [-0.05, 0) is 24.7 Å². The fourth-order valence-corrected chi connectivity index (χ4v) is 1.89. The smallest absolute Gasteiger partial charge is 0.205 e. The van der Waals surface area contributed by atoms with E-state index in [9.17, 15) is 0 Å². The fourth-order valence-electron chi connectivity index (χ4n) is 1.44. The van der Waals surface area contributed by atoms with E-state index >= 15 is 0 Å². The Bertz CT molecular complexity index is 258. The molecule has 0 saturated heterocycles. The Morgan fingerprint density at radius 3 is 3.00 bits per heavy atom. The Morgan fingerprint density at radius 2 is 2.46 bits per heavy atom. The van der Waals surface area contributed by atoms with E-state index in [2.05, 4.69) is 15.5 Å². The van der Waals surface area contributed by atoms with Crippen LogP contribution in [-0.4, -0.2) is 28.5 Å². The standard InChI is InChI=1S/C8H13N3OS/c12-4-3-8(1-2-8)5-9-7-11-10-6-13-7/h6,12H,1-5H2,(H,9,11). The van der Waals surface area contributed by atoms with Crippen LogP contribution in [0.3, 0.4) is 0 Å². The molecule has 2 rings (SSSR count). The second-order valence-corrected chi connectivity index (χ2v) is 4.40. The van der Waals surface area contributed by atoms with Crippen LogP contribution in [0.5, 0.6) is 0 Å². The molecule has 72 valence electrons. The molecule has 13 heavy (non-hydrogen) atoms. The second-order valence-electron chi connectivity index (χ2n) is 3.57. The molecule has 1 saturated carbocycles. The fraction of sp³-hybridized carbons (Fsp3) is 0.750. The van der Waals surface area contributed by atoms with Crippen molar-refractivity contribution < 1.29 is 5.11 Å². The summed E-state index contributed by atoms with van der Waals surface area (Å²) in [4.78, 5) is 0. The molecular weight excluding hydrogens is 186 g/mol. The summed E-state index contributed by atoms with van der Waals surface area (Å²) in [6, 6.07) is 0. The summed E-state index contributed by atoms with van der Waals surface area (Å²) in [5.74, 6) is 0. The molecule has 0 spiro atoms. The van der Waals surface area contributed by atoms with Gasteiger partial charge in [-0.3, -0.25) is 0 Å². The Balaban J connectivity index is 1.79. The van der Waals surface area contributed by atoms with Crippen molar-refractivity contribution in [2.45, 2.75) is 19.3 Å². The highest BCUT2D eigenvalue weighted by molar-refractivity contribution is 7.13. The number of anilines is 1. The first-order valence-electron chi connectivity index (χ1n) is 4.46. The van der Waals surface area contributed by atoms with Crippen LogP contribution >= 0.6 is 11.3 Å². The van der Waals surface area contributed by atoms with E-state index in [0.717, 1.165) is 18.1 Å². The van der Waals surface area contributed by atoms with Gasteiger partial charge in [-0.25, -0.2) is 0 Å². The van der Waals surface area contributed by atoms with Crippen molar-refractivity contribution >= 4 is 16.5 Å². The lowest BCUT2D eigenvalue weighted by atomic mass is 10.0. The van der Waals surface area contributed by atoms with E-state index in [0.29, 0.717) is 5.41 Å². The number of rotatable bonds is 5. The Kier molecular flexibility index (Phi) is 2.46. The van der Waals surface area contributed by atoms with Crippen molar-refractivity contribution in [3.05, 3.63) is 5.51 Å². The van der Waals surface area contributed by atoms with E-state index in [1.807, 2.05) is 0 Å².